The molecule has 0 bridgehead atoms. The van der Waals surface area contributed by atoms with Gasteiger partial charge in [-0.3, -0.25) is 19.1 Å². The topological polar surface area (TPSA) is 110 Å². The standard InChI is InChI=1S/C20H28N4O4/c1-4-5-11-23(16(25)13-28-15-9-7-6-8-10-15)17-18(21)24(12-14(2)3)20(27)22-19(17)26/h6-10,14H,4-5,11-13,21H2,1-3H3,(H,22,26,27). The van der Waals surface area contributed by atoms with Crippen LogP contribution in [0.2, 0.25) is 0 Å². The monoisotopic (exact) mass is 388 g/mol. The molecule has 0 aliphatic carbocycles. The Morgan fingerprint density at radius 3 is 2.54 bits per heavy atom. The van der Waals surface area contributed by atoms with Crippen LogP contribution in [0, 0.1) is 5.92 Å². The van der Waals surface area contributed by atoms with Crippen molar-refractivity contribution in [2.45, 2.75) is 40.2 Å². The molecule has 1 aromatic carbocycles. The smallest absolute Gasteiger partial charge is 0.330 e. The van der Waals surface area contributed by atoms with Crippen LogP contribution < -0.4 is 26.6 Å². The number of aromatic amines is 1. The number of carbonyl (C=O) groups excluding carboxylic acids is 1. The minimum absolute atomic E-state index is 0.00429. The van der Waals surface area contributed by atoms with Gasteiger partial charge >= 0.3 is 5.69 Å². The van der Waals surface area contributed by atoms with E-state index < -0.39 is 17.2 Å². The maximum Gasteiger partial charge on any atom is 0.330 e. The summed E-state index contributed by atoms with van der Waals surface area (Å²) >= 11 is 0. The number of hydrogen-bond donors (Lipinski definition) is 2. The van der Waals surface area contributed by atoms with Gasteiger partial charge in [0.25, 0.3) is 11.5 Å². The maximum absolute atomic E-state index is 12.9. The highest BCUT2D eigenvalue weighted by molar-refractivity contribution is 5.96. The number of hydrogen-bond acceptors (Lipinski definition) is 5. The van der Waals surface area contributed by atoms with Crippen molar-refractivity contribution in [3.8, 4) is 5.75 Å². The quantitative estimate of drug-likeness (QED) is 0.682. The largest absolute Gasteiger partial charge is 0.484 e. The maximum atomic E-state index is 12.9. The van der Waals surface area contributed by atoms with E-state index >= 15 is 0 Å². The molecule has 0 radical (unpaired) electrons. The van der Waals surface area contributed by atoms with Crippen molar-refractivity contribution in [1.29, 1.82) is 0 Å². The van der Waals surface area contributed by atoms with Gasteiger partial charge in [0.2, 0.25) is 0 Å². The molecule has 0 atom stereocenters. The van der Waals surface area contributed by atoms with Crippen LogP contribution in [0.5, 0.6) is 5.75 Å². The Labute approximate surface area is 163 Å². The van der Waals surface area contributed by atoms with E-state index in [9.17, 15) is 14.4 Å². The minimum atomic E-state index is -0.674. The molecular weight excluding hydrogens is 360 g/mol. The molecule has 1 aromatic heterocycles. The summed E-state index contributed by atoms with van der Waals surface area (Å²) < 4.78 is 6.83. The predicted molar refractivity (Wildman–Crippen MR) is 110 cm³/mol. The van der Waals surface area contributed by atoms with Crippen molar-refractivity contribution in [1.82, 2.24) is 9.55 Å². The van der Waals surface area contributed by atoms with Crippen LogP contribution in [0.3, 0.4) is 0 Å². The molecule has 0 saturated heterocycles. The predicted octanol–water partition coefficient (Wildman–Crippen LogP) is 1.99. The van der Waals surface area contributed by atoms with Gasteiger partial charge in [-0.1, -0.05) is 45.4 Å². The summed E-state index contributed by atoms with van der Waals surface area (Å²) in [6, 6.07) is 8.94. The lowest BCUT2D eigenvalue weighted by atomic mass is 10.2. The number of benzene rings is 1. The summed E-state index contributed by atoms with van der Waals surface area (Å²) in [5, 5.41) is 0. The molecule has 0 aliphatic rings. The van der Waals surface area contributed by atoms with Crippen LogP contribution in [0.15, 0.2) is 39.9 Å². The third-order valence-corrected chi connectivity index (χ3v) is 4.17. The summed E-state index contributed by atoms with van der Waals surface area (Å²) in [6.07, 6.45) is 1.51. The molecule has 2 aromatic rings. The van der Waals surface area contributed by atoms with E-state index in [4.69, 9.17) is 10.5 Å². The fourth-order valence-electron chi connectivity index (χ4n) is 2.80. The van der Waals surface area contributed by atoms with E-state index in [1.807, 2.05) is 26.8 Å². The number of ether oxygens (including phenoxy) is 1. The lowest BCUT2D eigenvalue weighted by Crippen LogP contribution is -2.43. The lowest BCUT2D eigenvalue weighted by molar-refractivity contribution is -0.120. The van der Waals surface area contributed by atoms with E-state index in [2.05, 4.69) is 4.98 Å². The molecule has 8 nitrogen and oxygen atoms in total. The highest BCUT2D eigenvalue weighted by atomic mass is 16.5. The minimum Gasteiger partial charge on any atom is -0.484 e. The highest BCUT2D eigenvalue weighted by Crippen LogP contribution is 2.19. The molecule has 0 saturated carbocycles. The number of nitrogens with one attached hydrogen (secondary N) is 1. The number of nitrogen functional groups attached to an aromatic ring is 1. The van der Waals surface area contributed by atoms with Crippen molar-refractivity contribution < 1.29 is 9.53 Å². The SMILES string of the molecule is CCCCN(C(=O)COc1ccccc1)c1c(N)n(CC(C)C)c(=O)[nH]c1=O. The number of amides is 1. The normalized spacial score (nSPS) is 10.9. The van der Waals surface area contributed by atoms with Gasteiger partial charge in [0, 0.05) is 13.1 Å². The van der Waals surface area contributed by atoms with Crippen LogP contribution in [-0.2, 0) is 11.3 Å². The van der Waals surface area contributed by atoms with E-state index in [-0.39, 0.29) is 24.0 Å². The van der Waals surface area contributed by atoms with Gasteiger partial charge in [-0.2, -0.15) is 0 Å². The molecule has 1 amide bonds. The van der Waals surface area contributed by atoms with Crippen LogP contribution >= 0.6 is 0 Å². The summed E-state index contributed by atoms with van der Waals surface area (Å²) in [6.45, 7) is 6.26. The second kappa shape index (κ2) is 9.77. The first kappa shape index (κ1) is 21.3. The first-order valence-electron chi connectivity index (χ1n) is 9.46. The van der Waals surface area contributed by atoms with Crippen molar-refractivity contribution in [3.63, 3.8) is 0 Å². The van der Waals surface area contributed by atoms with Gasteiger partial charge < -0.3 is 15.4 Å². The van der Waals surface area contributed by atoms with Crippen molar-refractivity contribution in [2.75, 3.05) is 23.8 Å². The van der Waals surface area contributed by atoms with E-state index in [0.29, 0.717) is 25.3 Å². The first-order valence-corrected chi connectivity index (χ1v) is 9.46. The Balaban J connectivity index is 2.37. The second-order valence-corrected chi connectivity index (χ2v) is 7.00. The Morgan fingerprint density at radius 2 is 1.93 bits per heavy atom. The third-order valence-electron chi connectivity index (χ3n) is 4.17. The van der Waals surface area contributed by atoms with Crippen LogP contribution in [-0.4, -0.2) is 28.6 Å². The number of aromatic nitrogens is 2. The van der Waals surface area contributed by atoms with E-state index in [1.54, 1.807) is 24.3 Å². The van der Waals surface area contributed by atoms with Gasteiger partial charge in [-0.25, -0.2) is 4.79 Å². The summed E-state index contributed by atoms with van der Waals surface area (Å²) in [5.41, 5.74) is 4.90. The van der Waals surface area contributed by atoms with Crippen molar-refractivity contribution >= 4 is 17.4 Å². The lowest BCUT2D eigenvalue weighted by Gasteiger charge is -2.25. The molecule has 0 aliphatic heterocycles. The van der Waals surface area contributed by atoms with Gasteiger partial charge in [0.05, 0.1) is 0 Å². The zero-order valence-electron chi connectivity index (χ0n) is 16.6. The van der Waals surface area contributed by atoms with Crippen molar-refractivity contribution in [2.24, 2.45) is 5.92 Å². The average molecular weight is 388 g/mol. The molecule has 8 heteroatoms. The number of unbranched alkanes of at least 4 members (excludes halogenated alkanes) is 1. The number of nitrogens with zero attached hydrogens (tertiary/aromatic N) is 2. The molecule has 0 unspecified atom stereocenters. The molecule has 152 valence electrons. The number of H-pyrrole nitrogens is 1. The van der Waals surface area contributed by atoms with Gasteiger partial charge in [-0.15, -0.1) is 0 Å². The second-order valence-electron chi connectivity index (χ2n) is 7.00. The number of para-hydroxylation sites is 1. The molecular formula is C20H28N4O4. The molecule has 3 N–H and O–H groups in total. The van der Waals surface area contributed by atoms with Gasteiger partial charge in [-0.05, 0) is 24.5 Å². The van der Waals surface area contributed by atoms with Crippen molar-refractivity contribution in [3.05, 3.63) is 51.2 Å². The van der Waals surface area contributed by atoms with Gasteiger partial charge in [0.15, 0.2) is 12.3 Å². The third kappa shape index (κ3) is 5.25. The van der Waals surface area contributed by atoms with Crippen LogP contribution in [0.25, 0.3) is 0 Å². The number of anilines is 2. The summed E-state index contributed by atoms with van der Waals surface area (Å²) in [4.78, 5) is 41.1. The molecule has 0 fully saturated rings. The number of rotatable bonds is 9. The zero-order chi connectivity index (χ0) is 20.7. The Hall–Kier alpha value is -3.03. The van der Waals surface area contributed by atoms with E-state index in [1.165, 1.54) is 9.47 Å². The van der Waals surface area contributed by atoms with E-state index in [0.717, 1.165) is 6.42 Å². The molecule has 2 rings (SSSR count). The first-order chi connectivity index (χ1) is 13.3. The zero-order valence-corrected chi connectivity index (χ0v) is 16.6. The Kier molecular flexibility index (Phi) is 7.43. The Bertz CT molecular complexity index is 903. The molecule has 28 heavy (non-hydrogen) atoms. The molecule has 0 spiro atoms. The Morgan fingerprint density at radius 1 is 1.25 bits per heavy atom. The average Bonchev–Trinajstić information content (AvgIpc) is 2.66. The summed E-state index contributed by atoms with van der Waals surface area (Å²) in [7, 11) is 0. The fourth-order valence-corrected chi connectivity index (χ4v) is 2.80. The fraction of sp³-hybridized carbons (Fsp3) is 0.450. The van der Waals surface area contributed by atoms with Crippen LogP contribution in [0.1, 0.15) is 33.6 Å². The number of nitrogens with two attached hydrogens (primary N) is 1. The summed E-state index contributed by atoms with van der Waals surface area (Å²) in [5.74, 6) is 0.286. The highest BCUT2D eigenvalue weighted by Gasteiger charge is 2.24. The molecule has 1 heterocycles. The number of carbonyl (C=O) groups is 1. The van der Waals surface area contributed by atoms with Crippen LogP contribution in [0.4, 0.5) is 11.5 Å². The van der Waals surface area contributed by atoms with Gasteiger partial charge in [0.1, 0.15) is 11.6 Å².